The van der Waals surface area contributed by atoms with Gasteiger partial charge >= 0.3 is 5.97 Å². The van der Waals surface area contributed by atoms with Crippen LogP contribution in [0.25, 0.3) is 10.4 Å². The second-order valence-corrected chi connectivity index (χ2v) is 3.96. The van der Waals surface area contributed by atoms with Gasteiger partial charge in [0.05, 0.1) is 0 Å². The van der Waals surface area contributed by atoms with Crippen LogP contribution in [0.1, 0.15) is 19.3 Å². The number of carbonyl (C=O) groups excluding carboxylic acids is 2. The van der Waals surface area contributed by atoms with E-state index in [0.29, 0.717) is 29.5 Å². The highest BCUT2D eigenvalue weighted by Gasteiger charge is 2.40. The Labute approximate surface area is 114 Å². The number of carboxylic acid groups (broad SMARTS) is 1. The quantitative estimate of drug-likeness (QED) is 0.159. The van der Waals surface area contributed by atoms with Crippen LogP contribution in [-0.4, -0.2) is 45.6 Å². The maximum atomic E-state index is 11.5. The second-order valence-electron chi connectivity index (χ2n) is 3.96. The zero-order valence-electron chi connectivity index (χ0n) is 10.5. The van der Waals surface area contributed by atoms with E-state index < -0.39 is 23.8 Å². The molecule has 3 N–H and O–H groups in total. The third kappa shape index (κ3) is 3.46. The fourth-order valence-corrected chi connectivity index (χ4v) is 1.70. The lowest BCUT2D eigenvalue weighted by atomic mass is 10.1. The SMILES string of the molecule is [N-]=[N+]=NN(C(CCCCN)C(=O)O)N1C(=O)C=CC1=O. The lowest BCUT2D eigenvalue weighted by molar-refractivity contribution is -0.168. The van der Waals surface area contributed by atoms with Crippen LogP contribution in [0.3, 0.4) is 0 Å². The van der Waals surface area contributed by atoms with Gasteiger partial charge in [0.15, 0.2) is 0 Å². The summed E-state index contributed by atoms with van der Waals surface area (Å²) in [6.07, 6.45) is 3.06. The number of hydrogen-bond acceptors (Lipinski definition) is 5. The average molecular weight is 282 g/mol. The number of rotatable bonds is 8. The number of nitrogens with zero attached hydrogens (tertiary/aromatic N) is 5. The molecule has 0 spiro atoms. The molecule has 10 heteroatoms. The van der Waals surface area contributed by atoms with Gasteiger partial charge in [0.25, 0.3) is 11.8 Å². The molecular weight excluding hydrogens is 268 g/mol. The zero-order valence-corrected chi connectivity index (χ0v) is 10.5. The van der Waals surface area contributed by atoms with Gasteiger partial charge in [-0.1, -0.05) is 5.01 Å². The van der Waals surface area contributed by atoms with Crippen molar-refractivity contribution in [2.45, 2.75) is 25.3 Å². The Hall–Kier alpha value is -2.58. The zero-order chi connectivity index (χ0) is 15.1. The summed E-state index contributed by atoms with van der Waals surface area (Å²) >= 11 is 0. The van der Waals surface area contributed by atoms with Gasteiger partial charge in [0.1, 0.15) is 0 Å². The maximum Gasteiger partial charge on any atom is 0.351 e. The molecule has 108 valence electrons. The van der Waals surface area contributed by atoms with Crippen LogP contribution >= 0.6 is 0 Å². The van der Waals surface area contributed by atoms with Crippen molar-refractivity contribution < 1.29 is 19.5 Å². The molecule has 0 radical (unpaired) electrons. The summed E-state index contributed by atoms with van der Waals surface area (Å²) in [6, 6.07) is -1.31. The van der Waals surface area contributed by atoms with Gasteiger partial charge in [-0.15, -0.1) is 10.6 Å². The Morgan fingerprint density at radius 2 is 2.05 bits per heavy atom. The summed E-state index contributed by atoms with van der Waals surface area (Å²) in [6.45, 7) is 0.386. The standard InChI is InChI=1S/C10H14N6O4/c11-6-2-1-3-7(10(19)20)16(14-13-12)15-8(17)4-5-9(15)18/h4-5,7H,1-3,6,11H2,(H,19,20). The van der Waals surface area contributed by atoms with Crippen LogP contribution in [0.4, 0.5) is 0 Å². The number of imide groups is 1. The predicted octanol–water partition coefficient (Wildman–Crippen LogP) is -0.0641. The molecule has 20 heavy (non-hydrogen) atoms. The first kappa shape index (κ1) is 15.5. The highest BCUT2D eigenvalue weighted by Crippen LogP contribution is 2.17. The summed E-state index contributed by atoms with van der Waals surface area (Å²) in [5.74, 6) is -2.82. The van der Waals surface area contributed by atoms with Crippen molar-refractivity contribution in [3.8, 4) is 0 Å². The molecule has 1 aliphatic heterocycles. The van der Waals surface area contributed by atoms with E-state index in [-0.39, 0.29) is 6.42 Å². The Morgan fingerprint density at radius 1 is 1.45 bits per heavy atom. The Balaban J connectivity index is 2.96. The van der Waals surface area contributed by atoms with Gasteiger partial charge < -0.3 is 10.8 Å². The van der Waals surface area contributed by atoms with E-state index in [9.17, 15) is 19.5 Å². The molecule has 1 atom stereocenters. The van der Waals surface area contributed by atoms with Crippen molar-refractivity contribution in [1.29, 1.82) is 0 Å². The smallest absolute Gasteiger partial charge is 0.351 e. The molecule has 0 saturated heterocycles. The van der Waals surface area contributed by atoms with Crippen molar-refractivity contribution in [3.63, 3.8) is 0 Å². The molecule has 0 aliphatic carbocycles. The van der Waals surface area contributed by atoms with Gasteiger partial charge in [0.2, 0.25) is 6.04 Å². The van der Waals surface area contributed by atoms with Crippen molar-refractivity contribution >= 4 is 17.8 Å². The van der Waals surface area contributed by atoms with Crippen LogP contribution in [0.5, 0.6) is 0 Å². The van der Waals surface area contributed by atoms with Crippen molar-refractivity contribution in [2.24, 2.45) is 11.0 Å². The van der Waals surface area contributed by atoms with Crippen LogP contribution in [0.15, 0.2) is 17.4 Å². The first-order valence-corrected chi connectivity index (χ1v) is 5.86. The van der Waals surface area contributed by atoms with Crippen molar-refractivity contribution in [2.75, 3.05) is 6.54 Å². The molecule has 10 nitrogen and oxygen atoms in total. The van der Waals surface area contributed by atoms with E-state index in [1.54, 1.807) is 0 Å². The van der Waals surface area contributed by atoms with E-state index in [1.807, 2.05) is 0 Å². The van der Waals surface area contributed by atoms with Gasteiger partial charge in [0, 0.05) is 23.8 Å². The molecule has 1 rings (SSSR count). The molecule has 0 aromatic carbocycles. The predicted molar refractivity (Wildman–Crippen MR) is 66.3 cm³/mol. The van der Waals surface area contributed by atoms with E-state index in [0.717, 1.165) is 12.2 Å². The first-order chi connectivity index (χ1) is 9.52. The first-order valence-electron chi connectivity index (χ1n) is 5.86. The summed E-state index contributed by atoms with van der Waals surface area (Å²) in [7, 11) is 0. The molecule has 0 fully saturated rings. The highest BCUT2D eigenvalue weighted by atomic mass is 16.4. The number of hydrogen-bond donors (Lipinski definition) is 2. The largest absolute Gasteiger partial charge is 0.478 e. The average Bonchev–Trinajstić information content (AvgIpc) is 2.72. The van der Waals surface area contributed by atoms with Crippen LogP contribution in [0, 0.1) is 0 Å². The molecule has 1 aliphatic rings. The summed E-state index contributed by atoms with van der Waals surface area (Å²) in [5, 5.41) is 13.4. The summed E-state index contributed by atoms with van der Waals surface area (Å²) in [4.78, 5) is 36.8. The number of hydrazine groups is 1. The highest BCUT2D eigenvalue weighted by molar-refractivity contribution is 6.12. The van der Waals surface area contributed by atoms with Crippen molar-refractivity contribution in [1.82, 2.24) is 10.1 Å². The van der Waals surface area contributed by atoms with Gasteiger partial charge in [-0.3, -0.25) is 9.59 Å². The normalized spacial score (nSPS) is 15.2. The number of carboxylic acids is 1. The molecule has 0 saturated carbocycles. The fraction of sp³-hybridized carbons (Fsp3) is 0.500. The summed E-state index contributed by atoms with van der Waals surface area (Å²) in [5.41, 5.74) is 13.8. The van der Waals surface area contributed by atoms with E-state index in [4.69, 9.17) is 11.3 Å². The van der Waals surface area contributed by atoms with E-state index in [1.165, 1.54) is 0 Å². The molecule has 1 heterocycles. The Morgan fingerprint density at radius 3 is 2.50 bits per heavy atom. The Kier molecular flexibility index (Phi) is 5.51. The monoisotopic (exact) mass is 282 g/mol. The minimum Gasteiger partial charge on any atom is -0.478 e. The third-order valence-corrected chi connectivity index (χ3v) is 2.62. The van der Waals surface area contributed by atoms with Crippen LogP contribution in [0.2, 0.25) is 0 Å². The number of unbranched alkanes of at least 4 members (excludes halogenated alkanes) is 1. The number of azide groups is 1. The minimum absolute atomic E-state index is 0.0859. The van der Waals surface area contributed by atoms with E-state index >= 15 is 0 Å². The molecule has 0 aromatic rings. The molecule has 0 aromatic heterocycles. The molecule has 2 amide bonds. The molecular formula is C10H14N6O4. The van der Waals surface area contributed by atoms with Gasteiger partial charge in [-0.2, -0.15) is 4.91 Å². The van der Waals surface area contributed by atoms with Crippen LogP contribution < -0.4 is 5.73 Å². The van der Waals surface area contributed by atoms with Crippen molar-refractivity contribution in [3.05, 3.63) is 22.6 Å². The van der Waals surface area contributed by atoms with Gasteiger partial charge in [-0.05, 0) is 19.4 Å². The third-order valence-electron chi connectivity index (χ3n) is 2.62. The fourth-order valence-electron chi connectivity index (χ4n) is 1.70. The number of aliphatic carboxylic acids is 1. The topological polar surface area (TPSA) is 153 Å². The maximum absolute atomic E-state index is 11.5. The second kappa shape index (κ2) is 7.12. The summed E-state index contributed by atoms with van der Waals surface area (Å²) < 4.78 is 0. The van der Waals surface area contributed by atoms with E-state index in [2.05, 4.69) is 10.1 Å². The Bertz CT molecular complexity index is 466. The number of amides is 2. The number of carbonyl (C=O) groups is 3. The minimum atomic E-state index is -1.31. The number of nitrogens with two attached hydrogens (primary N) is 1. The lowest BCUT2D eigenvalue weighted by Crippen LogP contribution is -2.51. The molecule has 1 unspecified atom stereocenters. The lowest BCUT2D eigenvalue weighted by Gasteiger charge is -2.26. The van der Waals surface area contributed by atoms with Gasteiger partial charge in [-0.25, -0.2) is 4.79 Å². The molecule has 0 bridgehead atoms. The van der Waals surface area contributed by atoms with Crippen LogP contribution in [-0.2, 0) is 14.4 Å².